The van der Waals surface area contributed by atoms with E-state index in [9.17, 15) is 13.6 Å². The maximum atomic E-state index is 14.9. The van der Waals surface area contributed by atoms with E-state index < -0.39 is 17.6 Å². The number of halogens is 2. The summed E-state index contributed by atoms with van der Waals surface area (Å²) in [5.74, 6) is -1.85. The summed E-state index contributed by atoms with van der Waals surface area (Å²) < 4.78 is 38.0. The number of rotatable bonds is 8. The van der Waals surface area contributed by atoms with Crippen molar-refractivity contribution in [3.05, 3.63) is 65.4 Å². The van der Waals surface area contributed by atoms with E-state index in [1.54, 1.807) is 23.4 Å². The van der Waals surface area contributed by atoms with E-state index in [2.05, 4.69) is 0 Å². The summed E-state index contributed by atoms with van der Waals surface area (Å²) in [5.41, 5.74) is 8.26. The number of fused-ring (bicyclic) bond motifs is 1. The molecule has 0 saturated heterocycles. The van der Waals surface area contributed by atoms with Crippen molar-refractivity contribution < 1.29 is 18.3 Å². The molecule has 5 nitrogen and oxygen atoms in total. The summed E-state index contributed by atoms with van der Waals surface area (Å²) >= 11 is 1.57. The smallest absolute Gasteiger partial charge is 0.341 e. The van der Waals surface area contributed by atoms with Crippen LogP contribution >= 0.6 is 11.9 Å². The molecule has 3 aromatic rings. The Morgan fingerprint density at radius 1 is 1.28 bits per heavy atom. The van der Waals surface area contributed by atoms with Crippen LogP contribution in [0.25, 0.3) is 22.0 Å². The number of benzene rings is 2. The molecule has 32 heavy (non-hydrogen) atoms. The first-order chi connectivity index (χ1) is 15.3. The Bertz CT molecular complexity index is 1170. The fourth-order valence-corrected chi connectivity index (χ4v) is 4.43. The van der Waals surface area contributed by atoms with Gasteiger partial charge in [-0.1, -0.05) is 12.1 Å². The average molecular weight is 460 g/mol. The molecule has 1 aromatic heterocycles. The topological polar surface area (TPSA) is 60.5 Å². The van der Waals surface area contributed by atoms with Gasteiger partial charge in [-0.15, -0.1) is 0 Å². The molecule has 1 heterocycles. The number of carbonyl (C=O) groups excluding carboxylic acids is 1. The molecule has 2 N–H and O–H groups in total. The highest BCUT2D eigenvalue weighted by molar-refractivity contribution is 7.97. The molecule has 3 rings (SSSR count). The number of ether oxygens (including phenoxy) is 1. The molecule has 0 aliphatic rings. The molecule has 0 unspecified atom stereocenters. The third-order valence-electron chi connectivity index (χ3n) is 4.97. The summed E-state index contributed by atoms with van der Waals surface area (Å²) in [5, 5.41) is 0.652. The van der Waals surface area contributed by atoms with Gasteiger partial charge in [-0.2, -0.15) is 0 Å². The monoisotopic (exact) mass is 459 g/mol. The number of nitrogens with two attached hydrogens (primary N) is 1. The Balaban J connectivity index is 2.28. The van der Waals surface area contributed by atoms with Crippen molar-refractivity contribution in [2.24, 2.45) is 5.73 Å². The highest BCUT2D eigenvalue weighted by Gasteiger charge is 2.22. The fourth-order valence-electron chi connectivity index (χ4n) is 3.69. The molecular formula is C24H27F2N3O2S. The summed E-state index contributed by atoms with van der Waals surface area (Å²) in [7, 11) is 3.91. The van der Waals surface area contributed by atoms with Gasteiger partial charge in [0.25, 0.3) is 0 Å². The van der Waals surface area contributed by atoms with Crippen molar-refractivity contribution in [3.63, 3.8) is 0 Å². The van der Waals surface area contributed by atoms with E-state index in [0.29, 0.717) is 10.9 Å². The van der Waals surface area contributed by atoms with Crippen molar-refractivity contribution >= 4 is 28.8 Å². The molecule has 8 heteroatoms. The van der Waals surface area contributed by atoms with Crippen molar-refractivity contribution in [2.45, 2.75) is 25.3 Å². The molecule has 0 aliphatic carbocycles. The molecule has 0 spiro atoms. The van der Waals surface area contributed by atoms with Gasteiger partial charge in [0.05, 0.1) is 24.2 Å². The molecule has 0 radical (unpaired) electrons. The van der Waals surface area contributed by atoms with Crippen LogP contribution in [0, 0.1) is 12.7 Å². The SMILES string of the molecule is CCOC(=O)c1cc2c(-c3cccc(SN(C)C)c3)c(C)n(C/C(F)=C/CN)c2cc1F. The van der Waals surface area contributed by atoms with Crippen LogP contribution in [0.1, 0.15) is 23.0 Å². The largest absolute Gasteiger partial charge is 0.462 e. The lowest BCUT2D eigenvalue weighted by molar-refractivity contribution is 0.0521. The quantitative estimate of drug-likeness (QED) is 0.365. The number of esters is 1. The van der Waals surface area contributed by atoms with E-state index in [1.807, 2.05) is 49.6 Å². The lowest BCUT2D eigenvalue weighted by Crippen LogP contribution is -2.08. The zero-order valence-electron chi connectivity index (χ0n) is 18.6. The van der Waals surface area contributed by atoms with Gasteiger partial charge in [-0.3, -0.25) is 4.31 Å². The van der Waals surface area contributed by atoms with Gasteiger partial charge >= 0.3 is 5.97 Å². The first-order valence-electron chi connectivity index (χ1n) is 10.3. The minimum absolute atomic E-state index is 0.0715. The number of carbonyl (C=O) groups is 1. The standard InChI is InChI=1S/C24H27F2N3O2S/c1-5-31-24(30)19-12-20-22(13-21(19)26)29(14-17(25)9-10-27)15(2)23(20)16-7-6-8-18(11-16)32-28(3)4/h6-9,11-13H,5,10,14,27H2,1-4H3/b17-9-. The Labute approximate surface area is 191 Å². The number of hydrogen-bond acceptors (Lipinski definition) is 5. The first-order valence-corrected chi connectivity index (χ1v) is 11.0. The van der Waals surface area contributed by atoms with Crippen LogP contribution < -0.4 is 5.73 Å². The van der Waals surface area contributed by atoms with Crippen LogP contribution in [0.5, 0.6) is 0 Å². The van der Waals surface area contributed by atoms with Gasteiger partial charge in [0, 0.05) is 28.1 Å². The molecule has 0 aliphatic heterocycles. The minimum atomic E-state index is -0.727. The van der Waals surface area contributed by atoms with Crippen molar-refractivity contribution in [1.29, 1.82) is 0 Å². The Morgan fingerprint density at radius 2 is 2.03 bits per heavy atom. The van der Waals surface area contributed by atoms with Gasteiger partial charge in [-0.05, 0) is 75.8 Å². The number of nitrogens with zero attached hydrogens (tertiary/aromatic N) is 2. The molecule has 2 aromatic carbocycles. The van der Waals surface area contributed by atoms with E-state index >= 15 is 0 Å². The minimum Gasteiger partial charge on any atom is -0.462 e. The summed E-state index contributed by atoms with van der Waals surface area (Å²) in [6.45, 7) is 3.66. The first kappa shape index (κ1) is 24.0. The second kappa shape index (κ2) is 10.3. The molecule has 170 valence electrons. The molecule has 0 bridgehead atoms. The van der Waals surface area contributed by atoms with E-state index in [0.717, 1.165) is 21.7 Å². The molecule has 0 atom stereocenters. The van der Waals surface area contributed by atoms with Crippen LogP contribution in [-0.2, 0) is 11.3 Å². The zero-order chi connectivity index (χ0) is 23.4. The maximum absolute atomic E-state index is 14.9. The van der Waals surface area contributed by atoms with Crippen molar-refractivity contribution in [1.82, 2.24) is 8.87 Å². The van der Waals surface area contributed by atoms with Crippen LogP contribution in [0.4, 0.5) is 8.78 Å². The Morgan fingerprint density at radius 3 is 2.69 bits per heavy atom. The van der Waals surface area contributed by atoms with Gasteiger partial charge in [-0.25, -0.2) is 13.6 Å². The molecule has 0 fully saturated rings. The third-order valence-corrected chi connectivity index (χ3v) is 5.80. The van der Waals surface area contributed by atoms with Gasteiger partial charge in [0.2, 0.25) is 0 Å². The van der Waals surface area contributed by atoms with Crippen LogP contribution in [0.2, 0.25) is 0 Å². The molecule has 0 amide bonds. The molecule has 0 saturated carbocycles. The highest BCUT2D eigenvalue weighted by Crippen LogP contribution is 2.38. The second-order valence-corrected chi connectivity index (χ2v) is 8.82. The summed E-state index contributed by atoms with van der Waals surface area (Å²) in [6.07, 6.45) is 1.29. The predicted octanol–water partition coefficient (Wildman–Crippen LogP) is 5.31. The second-order valence-electron chi connectivity index (χ2n) is 7.43. The van der Waals surface area contributed by atoms with Crippen LogP contribution in [0.3, 0.4) is 0 Å². The fraction of sp³-hybridized carbons (Fsp3) is 0.292. The van der Waals surface area contributed by atoms with Crippen molar-refractivity contribution in [3.8, 4) is 11.1 Å². The third kappa shape index (κ3) is 5.03. The van der Waals surface area contributed by atoms with E-state index in [4.69, 9.17) is 10.5 Å². The maximum Gasteiger partial charge on any atom is 0.341 e. The van der Waals surface area contributed by atoms with E-state index in [-0.39, 0.29) is 25.3 Å². The van der Waals surface area contributed by atoms with E-state index in [1.165, 1.54) is 18.2 Å². The van der Waals surface area contributed by atoms with Gasteiger partial charge < -0.3 is 15.0 Å². The Kier molecular flexibility index (Phi) is 7.71. The van der Waals surface area contributed by atoms with Crippen LogP contribution in [0.15, 0.2) is 53.2 Å². The summed E-state index contributed by atoms with van der Waals surface area (Å²) in [4.78, 5) is 13.3. The molecular weight excluding hydrogens is 432 g/mol. The normalized spacial score (nSPS) is 12.1. The van der Waals surface area contributed by atoms with Crippen LogP contribution in [-0.4, -0.2) is 42.1 Å². The summed E-state index contributed by atoms with van der Waals surface area (Å²) in [6, 6.07) is 10.7. The van der Waals surface area contributed by atoms with Gasteiger partial charge in [0.1, 0.15) is 11.6 Å². The number of allylic oxidation sites excluding steroid dienone is 1. The lowest BCUT2D eigenvalue weighted by atomic mass is 10.0. The average Bonchev–Trinajstić information content (AvgIpc) is 2.98. The number of hydrogen-bond donors (Lipinski definition) is 1. The lowest BCUT2D eigenvalue weighted by Gasteiger charge is -2.11. The van der Waals surface area contributed by atoms with Crippen molar-refractivity contribution in [2.75, 3.05) is 27.2 Å². The highest BCUT2D eigenvalue weighted by atomic mass is 32.2. The predicted molar refractivity (Wildman–Crippen MR) is 126 cm³/mol. The zero-order valence-corrected chi connectivity index (χ0v) is 19.4. The Hall–Kier alpha value is -2.68. The number of aromatic nitrogens is 1. The van der Waals surface area contributed by atoms with Gasteiger partial charge in [0.15, 0.2) is 0 Å².